The Labute approximate surface area is 194 Å². The van der Waals surface area contributed by atoms with Crippen molar-refractivity contribution in [3.05, 3.63) is 67.6 Å². The number of nitriles is 1. The van der Waals surface area contributed by atoms with E-state index in [0.717, 1.165) is 11.3 Å². The molecule has 0 radical (unpaired) electrons. The number of carbonyl (C=O) groups excluding carboxylic acids is 1. The van der Waals surface area contributed by atoms with E-state index in [9.17, 15) is 14.9 Å². The lowest BCUT2D eigenvalue weighted by Crippen LogP contribution is -2.31. The highest BCUT2D eigenvalue weighted by molar-refractivity contribution is 7.07. The Morgan fingerprint density at radius 1 is 1.09 bits per heavy atom. The van der Waals surface area contributed by atoms with Crippen molar-refractivity contribution in [2.75, 3.05) is 27.9 Å². The number of benzene rings is 2. The minimum Gasteiger partial charge on any atom is -0.493 e. The molecule has 0 N–H and O–H groups in total. The normalized spacial score (nSPS) is 12.0. The van der Waals surface area contributed by atoms with Crippen LogP contribution in [0.5, 0.6) is 17.2 Å². The fourth-order valence-electron chi connectivity index (χ4n) is 3.18. The van der Waals surface area contributed by atoms with Crippen molar-refractivity contribution in [1.29, 1.82) is 5.26 Å². The Morgan fingerprint density at radius 3 is 2.24 bits per heavy atom. The number of nitrogens with zero attached hydrogens (tertiary/aromatic N) is 2. The van der Waals surface area contributed by atoms with Crippen LogP contribution < -0.4 is 29.0 Å². The van der Waals surface area contributed by atoms with E-state index in [1.54, 1.807) is 49.4 Å². The van der Waals surface area contributed by atoms with Crippen molar-refractivity contribution in [3.63, 3.8) is 0 Å². The molecule has 0 aliphatic heterocycles. The molecule has 0 bridgehead atoms. The molecule has 0 spiro atoms. The van der Waals surface area contributed by atoms with Crippen molar-refractivity contribution in [2.24, 2.45) is 0 Å². The van der Waals surface area contributed by atoms with E-state index in [2.05, 4.69) is 0 Å². The minimum absolute atomic E-state index is 0.107. The summed E-state index contributed by atoms with van der Waals surface area (Å²) in [5, 5.41) is 9.68. The topological polar surface area (TPSA) is 99.8 Å². The van der Waals surface area contributed by atoms with E-state index in [1.807, 2.05) is 12.1 Å². The van der Waals surface area contributed by atoms with Gasteiger partial charge in [-0.05, 0) is 42.8 Å². The van der Waals surface area contributed by atoms with Gasteiger partial charge in [0.15, 0.2) is 17.1 Å². The SMILES string of the molecule is CCOC(=O)/C(C#N)=c1/s/c(=C/c2cc(OC)c(OC)c(OC)c2)c(=O)n1-c1ccccc1. The molecule has 8 nitrogen and oxygen atoms in total. The summed E-state index contributed by atoms with van der Waals surface area (Å²) >= 11 is 1.02. The monoisotopic (exact) mass is 466 g/mol. The molecule has 0 amide bonds. The van der Waals surface area contributed by atoms with Crippen LogP contribution in [0.2, 0.25) is 0 Å². The fraction of sp³-hybridized carbons (Fsp3) is 0.208. The molecule has 33 heavy (non-hydrogen) atoms. The summed E-state index contributed by atoms with van der Waals surface area (Å²) in [7, 11) is 4.50. The van der Waals surface area contributed by atoms with Crippen molar-refractivity contribution >= 4 is 29.0 Å². The van der Waals surface area contributed by atoms with Gasteiger partial charge < -0.3 is 18.9 Å². The first-order valence-corrected chi connectivity index (χ1v) is 10.7. The predicted molar refractivity (Wildman–Crippen MR) is 124 cm³/mol. The van der Waals surface area contributed by atoms with E-state index in [0.29, 0.717) is 33.0 Å². The van der Waals surface area contributed by atoms with Gasteiger partial charge in [-0.15, -0.1) is 11.3 Å². The number of rotatable bonds is 7. The molecule has 0 unspecified atom stereocenters. The molecule has 2 aromatic carbocycles. The van der Waals surface area contributed by atoms with Gasteiger partial charge in [0.1, 0.15) is 10.7 Å². The molecule has 0 fully saturated rings. The zero-order valence-electron chi connectivity index (χ0n) is 18.6. The smallest absolute Gasteiger partial charge is 0.351 e. The number of thiazole rings is 1. The highest BCUT2D eigenvalue weighted by Crippen LogP contribution is 2.38. The van der Waals surface area contributed by atoms with Gasteiger partial charge in [-0.3, -0.25) is 9.36 Å². The standard InChI is InChI=1S/C24H22N2O6S/c1-5-32-24(28)17(14-25)23-26(16-9-7-6-8-10-16)22(27)20(33-23)13-15-11-18(29-2)21(31-4)19(12-15)30-3/h6-13H,5H2,1-4H3/b20-13+,23-17+. The molecule has 0 saturated carbocycles. The van der Waals surface area contributed by atoms with Gasteiger partial charge >= 0.3 is 5.97 Å². The Bertz CT molecular complexity index is 1360. The molecule has 3 rings (SSSR count). The van der Waals surface area contributed by atoms with Crippen LogP contribution >= 0.6 is 11.3 Å². The predicted octanol–water partition coefficient (Wildman–Crippen LogP) is 1.99. The number of aromatic nitrogens is 1. The number of ether oxygens (including phenoxy) is 4. The molecular weight excluding hydrogens is 444 g/mol. The third kappa shape index (κ3) is 4.76. The largest absolute Gasteiger partial charge is 0.493 e. The highest BCUT2D eigenvalue weighted by Gasteiger charge is 2.18. The van der Waals surface area contributed by atoms with Gasteiger partial charge in [-0.2, -0.15) is 5.26 Å². The summed E-state index contributed by atoms with van der Waals surface area (Å²) in [6, 6.07) is 14.1. The Morgan fingerprint density at radius 2 is 1.73 bits per heavy atom. The minimum atomic E-state index is -0.787. The lowest BCUT2D eigenvalue weighted by Gasteiger charge is -2.12. The molecule has 170 valence electrons. The quantitative estimate of drug-likeness (QED) is 0.491. The van der Waals surface area contributed by atoms with E-state index >= 15 is 0 Å². The Hall–Kier alpha value is -4.03. The van der Waals surface area contributed by atoms with E-state index in [1.165, 1.54) is 25.9 Å². The summed E-state index contributed by atoms with van der Waals surface area (Å²) in [6.45, 7) is 1.75. The number of carbonyl (C=O) groups is 1. The maximum atomic E-state index is 13.4. The lowest BCUT2D eigenvalue weighted by atomic mass is 10.1. The Kier molecular flexibility index (Phi) is 7.53. The van der Waals surface area contributed by atoms with Crippen molar-refractivity contribution in [2.45, 2.75) is 6.92 Å². The van der Waals surface area contributed by atoms with Gasteiger partial charge in [-0.1, -0.05) is 18.2 Å². The van der Waals surface area contributed by atoms with Crippen molar-refractivity contribution in [3.8, 4) is 29.0 Å². The summed E-state index contributed by atoms with van der Waals surface area (Å²) in [4.78, 5) is 25.8. The second-order valence-corrected chi connectivity index (χ2v) is 7.59. The van der Waals surface area contributed by atoms with Crippen LogP contribution in [0.25, 0.3) is 17.3 Å². The van der Waals surface area contributed by atoms with E-state index in [-0.39, 0.29) is 22.4 Å². The number of hydrogen-bond acceptors (Lipinski definition) is 8. The first kappa shape index (κ1) is 23.6. The third-order valence-corrected chi connectivity index (χ3v) is 5.72. The first-order chi connectivity index (χ1) is 16.0. The van der Waals surface area contributed by atoms with Crippen LogP contribution in [0.1, 0.15) is 12.5 Å². The molecule has 0 aliphatic carbocycles. The van der Waals surface area contributed by atoms with Gasteiger partial charge in [0, 0.05) is 0 Å². The number of hydrogen-bond donors (Lipinski definition) is 0. The molecule has 9 heteroatoms. The van der Waals surface area contributed by atoms with Crippen LogP contribution in [0.3, 0.4) is 0 Å². The number of para-hydroxylation sites is 1. The molecule has 0 saturated heterocycles. The fourth-order valence-corrected chi connectivity index (χ4v) is 4.27. The van der Waals surface area contributed by atoms with Gasteiger partial charge in [0.2, 0.25) is 5.75 Å². The van der Waals surface area contributed by atoms with Crippen LogP contribution in [0.4, 0.5) is 0 Å². The van der Waals surface area contributed by atoms with Crippen LogP contribution in [-0.2, 0) is 9.53 Å². The first-order valence-electron chi connectivity index (χ1n) is 9.89. The third-order valence-electron chi connectivity index (χ3n) is 4.63. The molecular formula is C24H22N2O6S. The maximum Gasteiger partial charge on any atom is 0.351 e. The molecule has 0 atom stereocenters. The van der Waals surface area contributed by atoms with Crippen molar-refractivity contribution in [1.82, 2.24) is 4.57 Å². The van der Waals surface area contributed by atoms with E-state index < -0.39 is 5.97 Å². The van der Waals surface area contributed by atoms with Gasteiger partial charge in [0.05, 0.1) is 38.2 Å². The second-order valence-electron chi connectivity index (χ2n) is 6.56. The van der Waals surface area contributed by atoms with Gasteiger partial charge in [-0.25, -0.2) is 4.79 Å². The van der Waals surface area contributed by atoms with Crippen LogP contribution in [-0.4, -0.2) is 38.5 Å². The highest BCUT2D eigenvalue weighted by atomic mass is 32.1. The summed E-state index contributed by atoms with van der Waals surface area (Å²) in [5.41, 5.74) is 0.513. The maximum absolute atomic E-state index is 13.4. The zero-order chi connectivity index (χ0) is 24.0. The van der Waals surface area contributed by atoms with Gasteiger partial charge in [0.25, 0.3) is 5.56 Å². The molecule has 1 aromatic heterocycles. The summed E-state index contributed by atoms with van der Waals surface area (Å²) in [6.07, 6.45) is 1.64. The average Bonchev–Trinajstić information content (AvgIpc) is 3.14. The van der Waals surface area contributed by atoms with Crippen LogP contribution in [0, 0.1) is 11.3 Å². The Balaban J connectivity index is 2.38. The zero-order valence-corrected chi connectivity index (χ0v) is 19.4. The van der Waals surface area contributed by atoms with E-state index in [4.69, 9.17) is 18.9 Å². The molecule has 1 heterocycles. The summed E-state index contributed by atoms with van der Waals surface area (Å²) < 4.78 is 23.0. The molecule has 3 aromatic rings. The number of methoxy groups -OCH3 is 3. The molecule has 0 aliphatic rings. The lowest BCUT2D eigenvalue weighted by molar-refractivity contribution is -0.136. The summed E-state index contributed by atoms with van der Waals surface area (Å²) in [5.74, 6) is 0.497. The second kappa shape index (κ2) is 10.5. The van der Waals surface area contributed by atoms with Crippen molar-refractivity contribution < 1.29 is 23.7 Å². The van der Waals surface area contributed by atoms with Crippen LogP contribution in [0.15, 0.2) is 47.3 Å². The average molecular weight is 467 g/mol. The number of esters is 1.